The van der Waals surface area contributed by atoms with Crippen LogP contribution >= 0.6 is 21.6 Å². The Kier molecular flexibility index (Phi) is 10.7. The monoisotopic (exact) mass is 520 g/mol. The van der Waals surface area contributed by atoms with E-state index in [2.05, 4.69) is 14.7 Å². The SMILES string of the molecule is CCCn1cnc2c(=O)n(CCCCC(C)SSCC(CO[N+](=O)[O-])O[N+](=O)[O-])c(=O)n(C)c21. The molecule has 2 aromatic heterocycles. The van der Waals surface area contributed by atoms with Gasteiger partial charge in [0.15, 0.2) is 5.52 Å². The largest absolute Gasteiger partial charge is 0.332 e. The summed E-state index contributed by atoms with van der Waals surface area (Å²) >= 11 is 0. The maximum absolute atomic E-state index is 12.8. The van der Waals surface area contributed by atoms with Crippen molar-refractivity contribution in [2.75, 3.05) is 12.4 Å². The van der Waals surface area contributed by atoms with Gasteiger partial charge in [0.05, 0.1) is 6.33 Å². The van der Waals surface area contributed by atoms with Crippen LogP contribution in [0.2, 0.25) is 0 Å². The molecule has 0 bridgehead atoms. The van der Waals surface area contributed by atoms with Gasteiger partial charge in [0.1, 0.15) is 18.4 Å². The van der Waals surface area contributed by atoms with E-state index >= 15 is 0 Å². The van der Waals surface area contributed by atoms with Crippen molar-refractivity contribution in [2.45, 2.75) is 64.0 Å². The van der Waals surface area contributed by atoms with Gasteiger partial charge in [-0.2, -0.15) is 0 Å². The van der Waals surface area contributed by atoms with Gasteiger partial charge in [0.2, 0.25) is 0 Å². The second kappa shape index (κ2) is 13.2. The van der Waals surface area contributed by atoms with Crippen molar-refractivity contribution in [3.63, 3.8) is 0 Å². The van der Waals surface area contributed by atoms with Gasteiger partial charge in [-0.25, -0.2) is 9.78 Å². The van der Waals surface area contributed by atoms with E-state index in [0.29, 0.717) is 18.6 Å². The lowest BCUT2D eigenvalue weighted by Gasteiger charge is -2.15. The molecule has 0 aromatic carbocycles. The van der Waals surface area contributed by atoms with Gasteiger partial charge in [-0.3, -0.25) is 13.9 Å². The fourth-order valence-corrected chi connectivity index (χ4v) is 5.88. The number of aromatic nitrogens is 4. The zero-order chi connectivity index (χ0) is 25.3. The van der Waals surface area contributed by atoms with E-state index in [0.717, 1.165) is 19.3 Å². The molecule has 2 heterocycles. The molecular formula is C18H28N6O8S2. The molecule has 2 atom stereocenters. The minimum Gasteiger partial charge on any atom is -0.316 e. The molecule has 0 amide bonds. The van der Waals surface area contributed by atoms with E-state index in [9.17, 15) is 29.8 Å². The van der Waals surface area contributed by atoms with E-state index in [1.807, 2.05) is 18.4 Å². The fraction of sp³-hybridized carbons (Fsp3) is 0.722. The summed E-state index contributed by atoms with van der Waals surface area (Å²) in [5.41, 5.74) is 0.0448. The molecule has 0 spiro atoms. The molecule has 190 valence electrons. The predicted octanol–water partition coefficient (Wildman–Crippen LogP) is 2.03. The molecule has 0 aliphatic rings. The number of rotatable bonds is 16. The summed E-state index contributed by atoms with van der Waals surface area (Å²) in [6.07, 6.45) is 3.55. The number of unbranched alkanes of at least 4 members (excludes halogenated alkanes) is 1. The minimum absolute atomic E-state index is 0.139. The van der Waals surface area contributed by atoms with Crippen LogP contribution in [0, 0.1) is 20.2 Å². The second-order valence-corrected chi connectivity index (χ2v) is 10.4. The predicted molar refractivity (Wildman–Crippen MR) is 128 cm³/mol. The summed E-state index contributed by atoms with van der Waals surface area (Å²) in [5.74, 6) is 0.139. The molecule has 16 heteroatoms. The molecule has 0 saturated heterocycles. The first kappa shape index (κ1) is 27.5. The first-order valence-corrected chi connectivity index (χ1v) is 13.0. The van der Waals surface area contributed by atoms with Gasteiger partial charge in [0.25, 0.3) is 15.7 Å². The molecule has 0 fully saturated rings. The summed E-state index contributed by atoms with van der Waals surface area (Å²) in [4.78, 5) is 59.0. The Balaban J connectivity index is 1.84. The van der Waals surface area contributed by atoms with Crippen LogP contribution in [0.15, 0.2) is 15.9 Å². The number of aryl methyl sites for hydroxylation is 2. The van der Waals surface area contributed by atoms with E-state index in [1.165, 1.54) is 30.7 Å². The van der Waals surface area contributed by atoms with Crippen LogP contribution in [0.3, 0.4) is 0 Å². The van der Waals surface area contributed by atoms with Crippen molar-refractivity contribution >= 4 is 32.8 Å². The molecule has 0 aliphatic heterocycles. The Labute approximate surface area is 202 Å². The summed E-state index contributed by atoms with van der Waals surface area (Å²) in [6.45, 7) is 4.41. The topological polar surface area (TPSA) is 167 Å². The highest BCUT2D eigenvalue weighted by Crippen LogP contribution is 2.30. The highest BCUT2D eigenvalue weighted by atomic mass is 33.1. The molecule has 34 heavy (non-hydrogen) atoms. The zero-order valence-electron chi connectivity index (χ0n) is 19.2. The summed E-state index contributed by atoms with van der Waals surface area (Å²) < 4.78 is 4.48. The average Bonchev–Trinajstić information content (AvgIpc) is 3.19. The molecule has 0 N–H and O–H groups in total. The number of imidazole rings is 1. The molecule has 0 radical (unpaired) electrons. The van der Waals surface area contributed by atoms with Crippen molar-refractivity contribution in [2.24, 2.45) is 7.05 Å². The first-order valence-electron chi connectivity index (χ1n) is 10.7. The summed E-state index contributed by atoms with van der Waals surface area (Å²) in [6, 6.07) is 0. The Morgan fingerprint density at radius 2 is 1.91 bits per heavy atom. The zero-order valence-corrected chi connectivity index (χ0v) is 20.8. The van der Waals surface area contributed by atoms with Gasteiger partial charge >= 0.3 is 5.69 Å². The minimum atomic E-state index is -1.05. The van der Waals surface area contributed by atoms with Crippen LogP contribution in [0.25, 0.3) is 11.2 Å². The second-order valence-electron chi connectivity index (χ2n) is 7.57. The summed E-state index contributed by atoms with van der Waals surface area (Å²) in [5, 5.41) is 18.9. The molecule has 2 unspecified atom stereocenters. The van der Waals surface area contributed by atoms with Crippen LogP contribution in [0.4, 0.5) is 0 Å². The lowest BCUT2D eigenvalue weighted by molar-refractivity contribution is -0.788. The molecule has 14 nitrogen and oxygen atoms in total. The third-order valence-electron chi connectivity index (χ3n) is 4.89. The number of hydrogen-bond donors (Lipinski definition) is 0. The van der Waals surface area contributed by atoms with Crippen LogP contribution in [-0.4, -0.2) is 52.6 Å². The molecular weight excluding hydrogens is 492 g/mol. The maximum Gasteiger partial charge on any atom is 0.332 e. The van der Waals surface area contributed by atoms with Crippen LogP contribution in [-0.2, 0) is 29.8 Å². The quantitative estimate of drug-likeness (QED) is 0.137. The number of nitrogens with zero attached hydrogens (tertiary/aromatic N) is 6. The standard InChI is InChI=1S/C18H28N6O8S2/c1-4-8-21-12-19-15-16(21)20(3)18(26)22(17(15)25)9-6-5-7-13(2)34-33-11-14(32-24(29)30)10-31-23(27)28/h12-14H,4-11H2,1-3H3. The maximum atomic E-state index is 12.8. The highest BCUT2D eigenvalue weighted by molar-refractivity contribution is 8.76. The highest BCUT2D eigenvalue weighted by Gasteiger charge is 2.18. The summed E-state index contributed by atoms with van der Waals surface area (Å²) in [7, 11) is 4.41. The van der Waals surface area contributed by atoms with Crippen molar-refractivity contribution < 1.29 is 19.8 Å². The van der Waals surface area contributed by atoms with Gasteiger partial charge in [-0.1, -0.05) is 41.9 Å². The normalized spacial score (nSPS) is 13.0. The smallest absolute Gasteiger partial charge is 0.316 e. The van der Waals surface area contributed by atoms with Crippen molar-refractivity contribution in [1.29, 1.82) is 0 Å². The van der Waals surface area contributed by atoms with E-state index in [1.54, 1.807) is 13.4 Å². The van der Waals surface area contributed by atoms with Crippen molar-refractivity contribution in [3.05, 3.63) is 47.4 Å². The third kappa shape index (κ3) is 7.65. The van der Waals surface area contributed by atoms with E-state index < -0.39 is 22.9 Å². The Morgan fingerprint density at radius 1 is 1.18 bits per heavy atom. The Morgan fingerprint density at radius 3 is 2.56 bits per heavy atom. The van der Waals surface area contributed by atoms with Crippen molar-refractivity contribution in [1.82, 2.24) is 18.7 Å². The third-order valence-corrected chi connectivity index (χ3v) is 7.90. The van der Waals surface area contributed by atoms with Crippen molar-refractivity contribution in [3.8, 4) is 0 Å². The fourth-order valence-electron chi connectivity index (χ4n) is 3.32. The molecule has 0 aliphatic carbocycles. The van der Waals surface area contributed by atoms with Gasteiger partial charge < -0.3 is 14.2 Å². The lowest BCUT2D eigenvalue weighted by atomic mass is 10.2. The van der Waals surface area contributed by atoms with Gasteiger partial charge in [-0.15, -0.1) is 20.2 Å². The van der Waals surface area contributed by atoms with Crippen LogP contribution in [0.1, 0.15) is 39.5 Å². The molecule has 2 aromatic rings. The van der Waals surface area contributed by atoms with E-state index in [4.69, 9.17) is 0 Å². The average molecular weight is 521 g/mol. The van der Waals surface area contributed by atoms with Gasteiger partial charge in [0, 0.05) is 31.1 Å². The van der Waals surface area contributed by atoms with Crippen LogP contribution < -0.4 is 11.2 Å². The molecule has 0 saturated carbocycles. The molecule has 2 rings (SSSR count). The Hall–Kier alpha value is -2.75. The number of fused-ring (bicyclic) bond motifs is 1. The van der Waals surface area contributed by atoms with Gasteiger partial charge in [-0.05, 0) is 19.3 Å². The van der Waals surface area contributed by atoms with Crippen LogP contribution in [0.5, 0.6) is 0 Å². The first-order chi connectivity index (χ1) is 16.1. The number of hydrogen-bond acceptors (Lipinski definition) is 11. The Bertz CT molecular complexity index is 1100. The lowest BCUT2D eigenvalue weighted by Crippen LogP contribution is -2.39. The van der Waals surface area contributed by atoms with E-state index in [-0.39, 0.29) is 34.3 Å².